The largest absolute Gasteiger partial charge is 0.494 e. The summed E-state index contributed by atoms with van der Waals surface area (Å²) in [5.41, 5.74) is -0.340. The van der Waals surface area contributed by atoms with E-state index in [-0.39, 0.29) is 11.4 Å². The third-order valence-electron chi connectivity index (χ3n) is 1.98. The first-order valence-electron chi connectivity index (χ1n) is 5.23. The standard InChI is InChI=1S/C11H9N5O3/c1-2-19-9-3-4-10(11(5-9)16(17)18)15-14-8(6-12)7-13/h3-5,8H,2H2,1H3. The Morgan fingerprint density at radius 1 is 1.47 bits per heavy atom. The van der Waals surface area contributed by atoms with Crippen molar-refractivity contribution in [2.24, 2.45) is 10.2 Å². The first kappa shape index (κ1) is 14.1. The average molecular weight is 259 g/mol. The molecule has 1 aromatic carbocycles. The van der Waals surface area contributed by atoms with Crippen molar-refractivity contribution in [1.29, 1.82) is 10.5 Å². The van der Waals surface area contributed by atoms with Gasteiger partial charge in [-0.25, -0.2) is 0 Å². The first-order valence-corrected chi connectivity index (χ1v) is 5.23. The van der Waals surface area contributed by atoms with Crippen molar-refractivity contribution >= 4 is 11.4 Å². The third kappa shape index (κ3) is 3.75. The molecule has 1 aromatic rings. The molecule has 19 heavy (non-hydrogen) atoms. The van der Waals surface area contributed by atoms with E-state index in [4.69, 9.17) is 15.3 Å². The van der Waals surface area contributed by atoms with Crippen LogP contribution in [0.1, 0.15) is 6.92 Å². The lowest BCUT2D eigenvalue weighted by molar-refractivity contribution is -0.384. The summed E-state index contributed by atoms with van der Waals surface area (Å²) in [7, 11) is 0. The van der Waals surface area contributed by atoms with Crippen LogP contribution < -0.4 is 4.74 Å². The van der Waals surface area contributed by atoms with Crippen LogP contribution in [0, 0.1) is 32.8 Å². The Morgan fingerprint density at radius 3 is 2.68 bits per heavy atom. The molecule has 0 atom stereocenters. The Kier molecular flexibility index (Phi) is 4.93. The molecule has 8 nitrogen and oxygen atoms in total. The quantitative estimate of drug-likeness (QED) is 0.456. The number of hydrogen-bond acceptors (Lipinski definition) is 7. The smallest absolute Gasteiger partial charge is 0.300 e. The summed E-state index contributed by atoms with van der Waals surface area (Å²) in [5.74, 6) is 0.338. The van der Waals surface area contributed by atoms with Gasteiger partial charge >= 0.3 is 0 Å². The van der Waals surface area contributed by atoms with E-state index in [2.05, 4.69) is 10.2 Å². The van der Waals surface area contributed by atoms with E-state index < -0.39 is 11.0 Å². The van der Waals surface area contributed by atoms with Gasteiger partial charge in [0, 0.05) is 0 Å². The van der Waals surface area contributed by atoms with Crippen molar-refractivity contribution in [3.05, 3.63) is 28.3 Å². The molecule has 0 aromatic heterocycles. The van der Waals surface area contributed by atoms with E-state index in [0.717, 1.165) is 0 Å². The van der Waals surface area contributed by atoms with Gasteiger partial charge in [-0.15, -0.1) is 5.11 Å². The van der Waals surface area contributed by atoms with Crippen LogP contribution in [-0.4, -0.2) is 17.6 Å². The Hall–Kier alpha value is -3.00. The molecule has 0 N–H and O–H groups in total. The van der Waals surface area contributed by atoms with Crippen LogP contribution in [-0.2, 0) is 0 Å². The molecule has 0 bridgehead atoms. The molecule has 0 aliphatic rings. The van der Waals surface area contributed by atoms with Crippen molar-refractivity contribution in [2.75, 3.05) is 6.61 Å². The summed E-state index contributed by atoms with van der Waals surface area (Å²) < 4.78 is 5.14. The highest BCUT2D eigenvalue weighted by atomic mass is 16.6. The zero-order valence-corrected chi connectivity index (χ0v) is 9.98. The minimum atomic E-state index is -1.29. The van der Waals surface area contributed by atoms with E-state index in [9.17, 15) is 10.1 Å². The molecule has 0 unspecified atom stereocenters. The van der Waals surface area contributed by atoms with Crippen LogP contribution in [0.3, 0.4) is 0 Å². The lowest BCUT2D eigenvalue weighted by atomic mass is 10.2. The molecule has 0 spiro atoms. The second kappa shape index (κ2) is 6.67. The predicted molar refractivity (Wildman–Crippen MR) is 63.8 cm³/mol. The van der Waals surface area contributed by atoms with Crippen LogP contribution in [0.4, 0.5) is 11.4 Å². The number of nitrogens with zero attached hydrogens (tertiary/aromatic N) is 5. The summed E-state index contributed by atoms with van der Waals surface area (Å²) in [6.45, 7) is 2.13. The fourth-order valence-electron chi connectivity index (χ4n) is 1.19. The second-order valence-electron chi connectivity index (χ2n) is 3.22. The van der Waals surface area contributed by atoms with Crippen LogP contribution in [0.2, 0.25) is 0 Å². The summed E-state index contributed by atoms with van der Waals surface area (Å²) in [5, 5.41) is 34.9. The molecule has 0 aliphatic heterocycles. The summed E-state index contributed by atoms with van der Waals surface area (Å²) >= 11 is 0. The number of nitro groups is 1. The molecule has 0 fully saturated rings. The van der Waals surface area contributed by atoms with Crippen LogP contribution >= 0.6 is 0 Å². The van der Waals surface area contributed by atoms with Gasteiger partial charge in [0.15, 0.2) is 5.69 Å². The summed E-state index contributed by atoms with van der Waals surface area (Å²) in [6, 6.07) is 5.94. The molecule has 0 amide bonds. The zero-order valence-electron chi connectivity index (χ0n) is 9.98. The maximum absolute atomic E-state index is 10.9. The number of nitro benzene ring substituents is 1. The highest BCUT2D eigenvalue weighted by Gasteiger charge is 2.15. The van der Waals surface area contributed by atoms with Gasteiger partial charge in [-0.1, -0.05) is 0 Å². The number of rotatable bonds is 5. The average Bonchev–Trinajstić information content (AvgIpc) is 2.41. The topological polar surface area (TPSA) is 125 Å². The highest BCUT2D eigenvalue weighted by molar-refractivity contribution is 5.59. The van der Waals surface area contributed by atoms with Crippen molar-refractivity contribution < 1.29 is 9.66 Å². The number of benzene rings is 1. The monoisotopic (exact) mass is 259 g/mol. The van der Waals surface area contributed by atoms with Gasteiger partial charge < -0.3 is 4.74 Å². The molecule has 96 valence electrons. The van der Waals surface area contributed by atoms with Crippen LogP contribution in [0.25, 0.3) is 0 Å². The minimum absolute atomic E-state index is 0.0380. The van der Waals surface area contributed by atoms with Crippen molar-refractivity contribution in [3.8, 4) is 17.9 Å². The van der Waals surface area contributed by atoms with E-state index in [1.54, 1.807) is 19.1 Å². The SMILES string of the molecule is CCOc1ccc(N=NC(C#N)C#N)c([N+](=O)[O-])c1. The number of azo groups is 1. The van der Waals surface area contributed by atoms with E-state index in [0.29, 0.717) is 12.4 Å². The normalized spacial score (nSPS) is 10.1. The Bertz CT molecular complexity index is 571. The van der Waals surface area contributed by atoms with Gasteiger partial charge in [0.1, 0.15) is 17.9 Å². The lowest BCUT2D eigenvalue weighted by Gasteiger charge is -2.03. The van der Waals surface area contributed by atoms with Gasteiger partial charge in [-0.3, -0.25) is 10.1 Å². The van der Waals surface area contributed by atoms with Crippen LogP contribution in [0.15, 0.2) is 28.4 Å². The van der Waals surface area contributed by atoms with Gasteiger partial charge in [-0.05, 0) is 19.1 Å². The number of nitriles is 2. The number of ether oxygens (including phenoxy) is 1. The predicted octanol–water partition coefficient (Wildman–Crippen LogP) is 2.49. The third-order valence-corrected chi connectivity index (χ3v) is 1.98. The van der Waals surface area contributed by atoms with Crippen molar-refractivity contribution in [1.82, 2.24) is 0 Å². The molecule has 0 saturated heterocycles. The Balaban J connectivity index is 3.11. The Labute approximate surface area is 108 Å². The molecule has 1 rings (SSSR count). The van der Waals surface area contributed by atoms with Gasteiger partial charge in [-0.2, -0.15) is 15.6 Å². The molecule has 0 saturated carbocycles. The highest BCUT2D eigenvalue weighted by Crippen LogP contribution is 2.31. The van der Waals surface area contributed by atoms with Gasteiger partial charge in [0.25, 0.3) is 5.69 Å². The molecular formula is C11H9N5O3. The molecule has 0 radical (unpaired) electrons. The minimum Gasteiger partial charge on any atom is -0.494 e. The van der Waals surface area contributed by atoms with Crippen molar-refractivity contribution in [2.45, 2.75) is 13.0 Å². The van der Waals surface area contributed by atoms with Gasteiger partial charge in [0.2, 0.25) is 6.04 Å². The summed E-state index contributed by atoms with van der Waals surface area (Å²) in [6.07, 6.45) is 0. The molecular weight excluding hydrogens is 250 g/mol. The maximum atomic E-state index is 10.9. The van der Waals surface area contributed by atoms with Crippen molar-refractivity contribution in [3.63, 3.8) is 0 Å². The van der Waals surface area contributed by atoms with E-state index in [1.165, 1.54) is 18.2 Å². The maximum Gasteiger partial charge on any atom is 0.300 e. The van der Waals surface area contributed by atoms with E-state index >= 15 is 0 Å². The lowest BCUT2D eigenvalue weighted by Crippen LogP contribution is -1.95. The Morgan fingerprint density at radius 2 is 2.16 bits per heavy atom. The summed E-state index contributed by atoms with van der Waals surface area (Å²) in [4.78, 5) is 10.2. The van der Waals surface area contributed by atoms with E-state index in [1.807, 2.05) is 0 Å². The molecule has 0 aliphatic carbocycles. The number of hydrogen-bond donors (Lipinski definition) is 0. The second-order valence-corrected chi connectivity index (χ2v) is 3.22. The first-order chi connectivity index (χ1) is 9.12. The molecule has 0 heterocycles. The zero-order chi connectivity index (χ0) is 14.3. The fraction of sp³-hybridized carbons (Fsp3) is 0.273. The fourth-order valence-corrected chi connectivity index (χ4v) is 1.19. The van der Waals surface area contributed by atoms with Gasteiger partial charge in [0.05, 0.1) is 17.6 Å². The van der Waals surface area contributed by atoms with Crippen LogP contribution in [0.5, 0.6) is 5.75 Å². The molecule has 8 heteroatoms.